The standard InChI is InChI=1S/C32H33Cl2N5O4S/c1-5-41-25-11-9-8-10-24(25)36-30(40)28-19(4)35-31-37-32(44-7-3)38-39(31)29(28)20-13-15-26(27(16-20)42-6-2)43-18-21-12-14-22(33)17-23(21)34/h8-17,29H,5-7,18H2,1-4H3,(H,36,40)(H,35,37,38). The van der Waals surface area contributed by atoms with Crippen molar-refractivity contribution in [2.75, 3.05) is 29.6 Å². The number of rotatable bonds is 12. The van der Waals surface area contributed by atoms with Crippen molar-refractivity contribution < 1.29 is 19.0 Å². The Hall–Kier alpha value is -3.86. The van der Waals surface area contributed by atoms with Gasteiger partial charge in [-0.1, -0.05) is 66.2 Å². The number of thioether (sulfide) groups is 1. The third-order valence-electron chi connectivity index (χ3n) is 6.77. The molecule has 1 unspecified atom stereocenters. The first-order valence-electron chi connectivity index (χ1n) is 14.3. The lowest BCUT2D eigenvalue weighted by molar-refractivity contribution is -0.113. The maximum Gasteiger partial charge on any atom is 0.255 e. The molecular weight excluding hydrogens is 621 g/mol. The lowest BCUT2D eigenvalue weighted by Gasteiger charge is -2.29. The van der Waals surface area contributed by atoms with Gasteiger partial charge in [0.15, 0.2) is 11.5 Å². The van der Waals surface area contributed by atoms with Crippen molar-refractivity contribution >= 4 is 52.5 Å². The number of aromatic nitrogens is 3. The highest BCUT2D eigenvalue weighted by Crippen LogP contribution is 2.40. The molecule has 2 heterocycles. The molecule has 12 heteroatoms. The Balaban J connectivity index is 1.53. The van der Waals surface area contributed by atoms with Crippen LogP contribution in [0, 0.1) is 0 Å². The van der Waals surface area contributed by atoms with Crippen LogP contribution in [0.2, 0.25) is 10.0 Å². The van der Waals surface area contributed by atoms with Crippen LogP contribution in [-0.4, -0.2) is 39.6 Å². The van der Waals surface area contributed by atoms with Gasteiger partial charge in [0.1, 0.15) is 18.4 Å². The average molecular weight is 655 g/mol. The van der Waals surface area contributed by atoms with Crippen LogP contribution in [0.25, 0.3) is 0 Å². The van der Waals surface area contributed by atoms with Gasteiger partial charge in [-0.05, 0) is 68.5 Å². The number of halogens is 2. The molecule has 1 aliphatic rings. The van der Waals surface area contributed by atoms with E-state index in [2.05, 4.69) is 15.6 Å². The lowest BCUT2D eigenvalue weighted by Crippen LogP contribution is -2.31. The molecule has 0 fully saturated rings. The number of allylic oxidation sites excluding steroid dienone is 1. The van der Waals surface area contributed by atoms with Crippen molar-refractivity contribution in [1.82, 2.24) is 14.8 Å². The maximum atomic E-state index is 14.0. The summed E-state index contributed by atoms with van der Waals surface area (Å²) in [6.45, 7) is 8.81. The SMILES string of the molecule is CCOc1ccccc1NC(=O)C1=C(C)Nc2nc(SCC)nn2C1c1ccc(OCc2ccc(Cl)cc2Cl)c(OCC)c1. The summed E-state index contributed by atoms with van der Waals surface area (Å²) in [6.07, 6.45) is 0. The van der Waals surface area contributed by atoms with Crippen molar-refractivity contribution in [2.45, 2.75) is 45.5 Å². The molecule has 1 atom stereocenters. The van der Waals surface area contributed by atoms with Crippen LogP contribution in [-0.2, 0) is 11.4 Å². The largest absolute Gasteiger partial charge is 0.492 e. The minimum atomic E-state index is -0.608. The van der Waals surface area contributed by atoms with Crippen molar-refractivity contribution in [3.63, 3.8) is 0 Å². The number of anilines is 2. The van der Waals surface area contributed by atoms with Gasteiger partial charge in [0.05, 0.1) is 24.5 Å². The molecule has 44 heavy (non-hydrogen) atoms. The first-order chi connectivity index (χ1) is 21.3. The lowest BCUT2D eigenvalue weighted by atomic mass is 9.94. The summed E-state index contributed by atoms with van der Waals surface area (Å²) in [4.78, 5) is 18.7. The summed E-state index contributed by atoms with van der Waals surface area (Å²) >= 11 is 14.0. The Morgan fingerprint density at radius 2 is 1.75 bits per heavy atom. The monoisotopic (exact) mass is 653 g/mol. The molecule has 1 aromatic heterocycles. The quantitative estimate of drug-likeness (QED) is 0.148. The van der Waals surface area contributed by atoms with Gasteiger partial charge in [0, 0.05) is 21.3 Å². The molecule has 9 nitrogen and oxygen atoms in total. The Morgan fingerprint density at radius 3 is 2.50 bits per heavy atom. The molecule has 0 aliphatic carbocycles. The molecule has 0 saturated heterocycles. The second-order valence-electron chi connectivity index (χ2n) is 9.71. The summed E-state index contributed by atoms with van der Waals surface area (Å²) in [5.41, 5.74) is 3.27. The van der Waals surface area contributed by atoms with E-state index in [1.807, 2.05) is 76.2 Å². The number of fused-ring (bicyclic) bond motifs is 1. The highest BCUT2D eigenvalue weighted by molar-refractivity contribution is 7.99. The Bertz CT molecular complexity index is 1690. The number of amides is 1. The van der Waals surface area contributed by atoms with Crippen LogP contribution in [0.15, 0.2) is 77.1 Å². The first kappa shape index (κ1) is 31.6. The van der Waals surface area contributed by atoms with E-state index in [0.29, 0.717) is 68.6 Å². The van der Waals surface area contributed by atoms with E-state index >= 15 is 0 Å². The summed E-state index contributed by atoms with van der Waals surface area (Å²) < 4.78 is 19.7. The summed E-state index contributed by atoms with van der Waals surface area (Å²) in [5, 5.41) is 12.8. The highest BCUT2D eigenvalue weighted by Gasteiger charge is 2.35. The van der Waals surface area contributed by atoms with Gasteiger partial charge in [-0.2, -0.15) is 4.98 Å². The van der Waals surface area contributed by atoms with Crippen LogP contribution in [0.4, 0.5) is 11.6 Å². The molecule has 3 aromatic carbocycles. The van der Waals surface area contributed by atoms with Gasteiger partial charge in [-0.15, -0.1) is 5.10 Å². The van der Waals surface area contributed by atoms with E-state index in [-0.39, 0.29) is 12.5 Å². The molecule has 1 amide bonds. The fourth-order valence-corrected chi connectivity index (χ4v) is 5.86. The molecule has 230 valence electrons. The number of nitrogens with zero attached hydrogens (tertiary/aromatic N) is 3. The minimum Gasteiger partial charge on any atom is -0.492 e. The fourth-order valence-electron chi connectivity index (χ4n) is 4.84. The maximum absolute atomic E-state index is 14.0. The number of ether oxygens (including phenoxy) is 3. The van der Waals surface area contributed by atoms with Crippen molar-refractivity contribution in [3.05, 3.63) is 93.1 Å². The number of para-hydroxylation sites is 2. The number of carbonyl (C=O) groups is 1. The van der Waals surface area contributed by atoms with E-state index in [1.165, 1.54) is 11.8 Å². The van der Waals surface area contributed by atoms with Crippen molar-refractivity contribution in [1.29, 1.82) is 0 Å². The molecule has 0 saturated carbocycles. The zero-order valence-electron chi connectivity index (χ0n) is 24.8. The van der Waals surface area contributed by atoms with E-state index in [4.69, 9.17) is 42.5 Å². The predicted octanol–water partition coefficient (Wildman–Crippen LogP) is 8.00. The molecular formula is C32H33Cl2N5O4S. The Kier molecular flexibility index (Phi) is 10.2. The highest BCUT2D eigenvalue weighted by atomic mass is 35.5. The molecule has 0 radical (unpaired) electrons. The Labute approximate surface area is 270 Å². The third kappa shape index (κ3) is 6.93. The molecule has 0 bridgehead atoms. The molecule has 0 spiro atoms. The van der Waals surface area contributed by atoms with Gasteiger partial charge >= 0.3 is 0 Å². The summed E-state index contributed by atoms with van der Waals surface area (Å²) in [6, 6.07) is 17.6. The van der Waals surface area contributed by atoms with E-state index in [0.717, 1.165) is 16.9 Å². The number of carbonyl (C=O) groups excluding carboxylic acids is 1. The van der Waals surface area contributed by atoms with Crippen LogP contribution >= 0.6 is 35.0 Å². The first-order valence-corrected chi connectivity index (χ1v) is 16.0. The molecule has 5 rings (SSSR count). The average Bonchev–Trinajstić information content (AvgIpc) is 3.39. The molecule has 2 N–H and O–H groups in total. The van der Waals surface area contributed by atoms with Crippen molar-refractivity contribution in [3.8, 4) is 17.2 Å². The second kappa shape index (κ2) is 14.3. The fraction of sp³-hybridized carbons (Fsp3) is 0.281. The summed E-state index contributed by atoms with van der Waals surface area (Å²) in [5.74, 6) is 2.71. The van der Waals surface area contributed by atoms with Gasteiger partial charge in [-0.3, -0.25) is 4.79 Å². The summed E-state index contributed by atoms with van der Waals surface area (Å²) in [7, 11) is 0. The van der Waals surface area contributed by atoms with Crippen LogP contribution in [0.1, 0.15) is 44.9 Å². The topological polar surface area (TPSA) is 99.5 Å². The van der Waals surface area contributed by atoms with Crippen molar-refractivity contribution in [2.24, 2.45) is 0 Å². The number of nitrogens with one attached hydrogen (secondary N) is 2. The predicted molar refractivity (Wildman–Crippen MR) is 176 cm³/mol. The van der Waals surface area contributed by atoms with Gasteiger partial charge < -0.3 is 24.8 Å². The van der Waals surface area contributed by atoms with Gasteiger partial charge in [0.25, 0.3) is 5.91 Å². The van der Waals surface area contributed by atoms with E-state index in [1.54, 1.807) is 16.8 Å². The molecule has 4 aromatic rings. The zero-order chi connectivity index (χ0) is 31.2. The minimum absolute atomic E-state index is 0.222. The number of benzene rings is 3. The van der Waals surface area contributed by atoms with Gasteiger partial charge in [-0.25, -0.2) is 4.68 Å². The van der Waals surface area contributed by atoms with Crippen LogP contribution in [0.3, 0.4) is 0 Å². The second-order valence-corrected chi connectivity index (χ2v) is 11.8. The van der Waals surface area contributed by atoms with E-state index < -0.39 is 6.04 Å². The number of hydrogen-bond donors (Lipinski definition) is 2. The van der Waals surface area contributed by atoms with Gasteiger partial charge in [0.2, 0.25) is 11.1 Å². The smallest absolute Gasteiger partial charge is 0.255 e. The normalized spacial score (nSPS) is 14.1. The third-order valence-corrected chi connectivity index (χ3v) is 8.07. The van der Waals surface area contributed by atoms with E-state index in [9.17, 15) is 4.79 Å². The van der Waals surface area contributed by atoms with Crippen LogP contribution < -0.4 is 24.8 Å². The Morgan fingerprint density at radius 1 is 0.977 bits per heavy atom. The number of hydrogen-bond acceptors (Lipinski definition) is 8. The molecule has 1 aliphatic heterocycles. The zero-order valence-corrected chi connectivity index (χ0v) is 27.1. The van der Waals surface area contributed by atoms with Crippen LogP contribution in [0.5, 0.6) is 17.2 Å².